The Morgan fingerprint density at radius 1 is 1.22 bits per heavy atom. The van der Waals surface area contributed by atoms with Crippen molar-refractivity contribution in [3.8, 4) is 0 Å². The van der Waals surface area contributed by atoms with Gasteiger partial charge in [0.1, 0.15) is 0 Å². The van der Waals surface area contributed by atoms with Gasteiger partial charge in [0, 0.05) is 35.8 Å². The van der Waals surface area contributed by atoms with Crippen molar-refractivity contribution < 1.29 is 9.59 Å². The first-order chi connectivity index (χ1) is 12.5. The van der Waals surface area contributed by atoms with Crippen LogP contribution in [0.25, 0.3) is 0 Å². The summed E-state index contributed by atoms with van der Waals surface area (Å²) in [5.74, 6) is 2.09. The molecule has 0 aromatic heterocycles. The van der Waals surface area contributed by atoms with E-state index in [1.807, 2.05) is 47.9 Å². The first-order valence-corrected chi connectivity index (χ1v) is 10.7. The number of hydrogen-bond donors (Lipinski definition) is 2. The maximum absolute atomic E-state index is 12.6. The summed E-state index contributed by atoms with van der Waals surface area (Å²) in [5, 5.41) is 2.99. The fourth-order valence-electron chi connectivity index (χ4n) is 3.82. The first-order valence-electron chi connectivity index (χ1n) is 9.50. The van der Waals surface area contributed by atoms with Crippen molar-refractivity contribution in [3.63, 3.8) is 0 Å². The third kappa shape index (κ3) is 5.87. The van der Waals surface area contributed by atoms with E-state index in [1.54, 1.807) is 0 Å². The van der Waals surface area contributed by atoms with Gasteiger partial charge in [-0.1, -0.05) is 25.0 Å². The van der Waals surface area contributed by atoms with Gasteiger partial charge in [0.25, 0.3) is 0 Å². The number of nitrogens with one attached hydrogen (secondary N) is 1. The van der Waals surface area contributed by atoms with Gasteiger partial charge >= 0.3 is 0 Å². The Balaban J connectivity index is 0.00000261. The lowest BCUT2D eigenvalue weighted by molar-refractivity contribution is -0.130. The number of hydrogen-bond acceptors (Lipinski definition) is 4. The molecule has 2 atom stereocenters. The summed E-state index contributed by atoms with van der Waals surface area (Å²) < 4.78 is 0. The first kappa shape index (κ1) is 22.1. The molecule has 3 N–H and O–H groups in total. The predicted molar refractivity (Wildman–Crippen MR) is 114 cm³/mol. The van der Waals surface area contributed by atoms with Crippen molar-refractivity contribution in [1.29, 1.82) is 0 Å². The van der Waals surface area contributed by atoms with Crippen molar-refractivity contribution in [2.24, 2.45) is 11.7 Å². The molecule has 0 radical (unpaired) electrons. The Morgan fingerprint density at radius 2 is 1.89 bits per heavy atom. The minimum absolute atomic E-state index is 0. The van der Waals surface area contributed by atoms with Gasteiger partial charge in [0.15, 0.2) is 0 Å². The minimum Gasteiger partial charge on any atom is -0.341 e. The molecular weight excluding hydrogens is 382 g/mol. The van der Waals surface area contributed by atoms with E-state index in [-0.39, 0.29) is 30.1 Å². The number of rotatable bonds is 4. The fraction of sp³-hybridized carbons (Fsp3) is 0.600. The van der Waals surface area contributed by atoms with Gasteiger partial charge < -0.3 is 16.0 Å². The number of amides is 2. The van der Waals surface area contributed by atoms with Crippen LogP contribution in [0.15, 0.2) is 24.3 Å². The van der Waals surface area contributed by atoms with Crippen LogP contribution in [-0.2, 0) is 16.0 Å². The van der Waals surface area contributed by atoms with Crippen LogP contribution in [0.1, 0.15) is 38.2 Å². The Morgan fingerprint density at radius 3 is 2.52 bits per heavy atom. The lowest BCUT2D eigenvalue weighted by Crippen LogP contribution is -2.51. The van der Waals surface area contributed by atoms with E-state index in [2.05, 4.69) is 5.32 Å². The van der Waals surface area contributed by atoms with Crippen molar-refractivity contribution in [1.82, 2.24) is 4.90 Å². The summed E-state index contributed by atoms with van der Waals surface area (Å²) in [7, 11) is 0. The Hall–Kier alpha value is -1.24. The summed E-state index contributed by atoms with van der Waals surface area (Å²) in [5.41, 5.74) is 7.64. The molecule has 2 fully saturated rings. The predicted octanol–water partition coefficient (Wildman–Crippen LogP) is 3.07. The summed E-state index contributed by atoms with van der Waals surface area (Å²) >= 11 is 1.90. The van der Waals surface area contributed by atoms with E-state index in [0.29, 0.717) is 6.42 Å². The summed E-state index contributed by atoms with van der Waals surface area (Å²) in [4.78, 5) is 26.9. The number of benzene rings is 1. The number of carbonyl (C=O) groups excluding carboxylic acids is 2. The highest BCUT2D eigenvalue weighted by molar-refractivity contribution is 7.99. The average molecular weight is 412 g/mol. The van der Waals surface area contributed by atoms with Crippen molar-refractivity contribution in [3.05, 3.63) is 29.8 Å². The summed E-state index contributed by atoms with van der Waals surface area (Å²) in [6, 6.07) is 7.61. The standard InChI is InChI=1S/C20H29N3O2S.ClH/c1-20(21)9-3-2-4-17(20)19(25)22-16-7-5-15(6-8-16)14-18(24)23-10-12-26-13-11-23;/h5-8,17H,2-4,9-14,21H2,1H3,(H,22,25);1H. The molecule has 1 saturated heterocycles. The molecule has 1 heterocycles. The topological polar surface area (TPSA) is 75.4 Å². The molecule has 3 rings (SSSR count). The number of nitrogens with zero attached hydrogens (tertiary/aromatic N) is 1. The van der Waals surface area contributed by atoms with Crippen molar-refractivity contribution in [2.45, 2.75) is 44.6 Å². The second kappa shape index (κ2) is 9.80. The number of carbonyl (C=O) groups is 2. The van der Waals surface area contributed by atoms with Crippen LogP contribution in [0.4, 0.5) is 5.69 Å². The van der Waals surface area contributed by atoms with E-state index < -0.39 is 5.54 Å². The quantitative estimate of drug-likeness (QED) is 0.798. The average Bonchev–Trinajstić information content (AvgIpc) is 2.63. The Bertz CT molecular complexity index is 645. The molecular formula is C20H30ClN3O2S. The molecule has 0 spiro atoms. The van der Waals surface area contributed by atoms with Crippen LogP contribution in [0.3, 0.4) is 0 Å². The summed E-state index contributed by atoms with van der Waals surface area (Å²) in [6.45, 7) is 3.66. The van der Waals surface area contributed by atoms with E-state index >= 15 is 0 Å². The van der Waals surface area contributed by atoms with Crippen molar-refractivity contribution in [2.75, 3.05) is 29.9 Å². The molecule has 1 aliphatic carbocycles. The van der Waals surface area contributed by atoms with Crippen LogP contribution >= 0.6 is 24.2 Å². The van der Waals surface area contributed by atoms with Gasteiger partial charge in [-0.05, 0) is 37.5 Å². The Kier molecular flexibility index (Phi) is 8.01. The molecule has 1 aliphatic heterocycles. The Labute approximate surface area is 172 Å². The molecule has 1 saturated carbocycles. The van der Waals surface area contributed by atoms with Crippen molar-refractivity contribution >= 4 is 41.7 Å². The van der Waals surface area contributed by atoms with Crippen LogP contribution in [0, 0.1) is 5.92 Å². The molecule has 2 unspecified atom stereocenters. The lowest BCUT2D eigenvalue weighted by Gasteiger charge is -2.37. The second-order valence-corrected chi connectivity index (χ2v) is 8.89. The molecule has 1 aromatic carbocycles. The molecule has 7 heteroatoms. The molecule has 1 aromatic rings. The molecule has 2 aliphatic rings. The van der Waals surface area contributed by atoms with Gasteiger partial charge in [-0.2, -0.15) is 11.8 Å². The third-order valence-electron chi connectivity index (χ3n) is 5.51. The van der Waals surface area contributed by atoms with Gasteiger partial charge in [-0.3, -0.25) is 9.59 Å². The van der Waals surface area contributed by atoms with Crippen LogP contribution in [0.5, 0.6) is 0 Å². The lowest BCUT2D eigenvalue weighted by atomic mass is 9.74. The smallest absolute Gasteiger partial charge is 0.229 e. The molecule has 27 heavy (non-hydrogen) atoms. The number of nitrogens with two attached hydrogens (primary N) is 1. The van der Waals surface area contributed by atoms with Crippen LogP contribution in [0.2, 0.25) is 0 Å². The zero-order valence-electron chi connectivity index (χ0n) is 15.9. The van der Waals surface area contributed by atoms with Crippen LogP contribution in [-0.4, -0.2) is 46.8 Å². The van der Waals surface area contributed by atoms with E-state index in [9.17, 15) is 9.59 Å². The summed E-state index contributed by atoms with van der Waals surface area (Å²) in [6.07, 6.45) is 4.30. The normalized spacial score (nSPS) is 25.4. The third-order valence-corrected chi connectivity index (χ3v) is 6.45. The van der Waals surface area contributed by atoms with E-state index in [1.165, 1.54) is 0 Å². The highest BCUT2D eigenvalue weighted by atomic mass is 35.5. The largest absolute Gasteiger partial charge is 0.341 e. The van der Waals surface area contributed by atoms with E-state index in [4.69, 9.17) is 5.73 Å². The van der Waals surface area contributed by atoms with Gasteiger partial charge in [0.2, 0.25) is 11.8 Å². The highest BCUT2D eigenvalue weighted by Gasteiger charge is 2.37. The molecule has 0 bridgehead atoms. The van der Waals surface area contributed by atoms with Gasteiger partial charge in [-0.15, -0.1) is 12.4 Å². The zero-order chi connectivity index (χ0) is 18.6. The SMILES string of the molecule is CC1(N)CCCCC1C(=O)Nc1ccc(CC(=O)N2CCSCC2)cc1.Cl. The van der Waals surface area contributed by atoms with Gasteiger partial charge in [0.05, 0.1) is 12.3 Å². The molecule has 5 nitrogen and oxygen atoms in total. The highest BCUT2D eigenvalue weighted by Crippen LogP contribution is 2.32. The number of halogens is 1. The fourth-order valence-corrected chi connectivity index (χ4v) is 4.73. The van der Waals surface area contributed by atoms with Gasteiger partial charge in [-0.25, -0.2) is 0 Å². The molecule has 150 valence electrons. The zero-order valence-corrected chi connectivity index (χ0v) is 17.5. The number of anilines is 1. The maximum atomic E-state index is 12.6. The minimum atomic E-state index is -0.429. The van der Waals surface area contributed by atoms with Crippen LogP contribution < -0.4 is 11.1 Å². The monoisotopic (exact) mass is 411 g/mol. The maximum Gasteiger partial charge on any atom is 0.229 e. The van der Waals surface area contributed by atoms with E-state index in [0.717, 1.165) is 61.5 Å². The second-order valence-electron chi connectivity index (χ2n) is 7.66. The number of thioether (sulfide) groups is 1. The molecule has 2 amide bonds.